The number of terminal acetylenes is 1. The highest BCUT2D eigenvalue weighted by molar-refractivity contribution is 5.73. The SMILES string of the molecule is C#CCOc1ccc(-c2ccc(OC(=O)CCCCCCCCC)cc2)cc1. The molecule has 0 heterocycles. The van der Waals surface area contributed by atoms with Gasteiger partial charge in [-0.1, -0.05) is 75.6 Å². The molecule has 0 saturated heterocycles. The molecular weight excluding hydrogens is 348 g/mol. The molecule has 2 aromatic rings. The Labute approximate surface area is 169 Å². The Morgan fingerprint density at radius 1 is 0.821 bits per heavy atom. The van der Waals surface area contributed by atoms with Crippen molar-refractivity contribution < 1.29 is 14.3 Å². The molecule has 0 aliphatic carbocycles. The summed E-state index contributed by atoms with van der Waals surface area (Å²) in [6.45, 7) is 2.48. The highest BCUT2D eigenvalue weighted by Gasteiger charge is 2.06. The van der Waals surface area contributed by atoms with Gasteiger partial charge in [-0.05, 0) is 41.8 Å². The van der Waals surface area contributed by atoms with E-state index in [0.29, 0.717) is 12.2 Å². The van der Waals surface area contributed by atoms with E-state index in [2.05, 4.69) is 12.8 Å². The van der Waals surface area contributed by atoms with Crippen LogP contribution in [0.2, 0.25) is 0 Å². The second-order valence-electron chi connectivity index (χ2n) is 6.89. The lowest BCUT2D eigenvalue weighted by Crippen LogP contribution is -2.07. The Balaban J connectivity index is 1.74. The highest BCUT2D eigenvalue weighted by atomic mass is 16.5. The fourth-order valence-electron chi connectivity index (χ4n) is 2.99. The summed E-state index contributed by atoms with van der Waals surface area (Å²) >= 11 is 0. The van der Waals surface area contributed by atoms with Crippen molar-refractivity contribution in [2.45, 2.75) is 58.3 Å². The van der Waals surface area contributed by atoms with Crippen LogP contribution in [0.25, 0.3) is 11.1 Å². The normalized spacial score (nSPS) is 10.3. The second kappa shape index (κ2) is 12.6. The summed E-state index contributed by atoms with van der Waals surface area (Å²) in [6, 6.07) is 15.3. The van der Waals surface area contributed by atoms with Crippen LogP contribution < -0.4 is 9.47 Å². The van der Waals surface area contributed by atoms with E-state index in [0.717, 1.165) is 29.7 Å². The van der Waals surface area contributed by atoms with Gasteiger partial charge in [-0.2, -0.15) is 0 Å². The summed E-state index contributed by atoms with van der Waals surface area (Å²) in [5.41, 5.74) is 2.12. The molecule has 2 aromatic carbocycles. The summed E-state index contributed by atoms with van der Waals surface area (Å²) in [6.07, 6.45) is 14.0. The molecule has 0 radical (unpaired) electrons. The minimum Gasteiger partial charge on any atom is -0.481 e. The molecule has 0 aromatic heterocycles. The quantitative estimate of drug-likeness (QED) is 0.185. The molecular formula is C25H30O3. The largest absolute Gasteiger partial charge is 0.481 e. The van der Waals surface area contributed by atoms with E-state index in [1.165, 1.54) is 32.1 Å². The maximum Gasteiger partial charge on any atom is 0.311 e. The number of benzene rings is 2. The first kappa shape index (κ1) is 21.6. The number of carbonyl (C=O) groups is 1. The van der Waals surface area contributed by atoms with E-state index < -0.39 is 0 Å². The summed E-state index contributed by atoms with van der Waals surface area (Å²) in [5.74, 6) is 3.63. The van der Waals surface area contributed by atoms with Gasteiger partial charge in [-0.25, -0.2) is 0 Å². The molecule has 0 aliphatic heterocycles. The van der Waals surface area contributed by atoms with Gasteiger partial charge >= 0.3 is 5.97 Å². The average Bonchev–Trinajstić information content (AvgIpc) is 2.72. The molecule has 0 bridgehead atoms. The van der Waals surface area contributed by atoms with Gasteiger partial charge in [-0.3, -0.25) is 4.79 Å². The molecule has 28 heavy (non-hydrogen) atoms. The minimum atomic E-state index is -0.156. The van der Waals surface area contributed by atoms with Crippen molar-refractivity contribution in [3.05, 3.63) is 48.5 Å². The third-order valence-electron chi connectivity index (χ3n) is 4.58. The number of carbonyl (C=O) groups excluding carboxylic acids is 1. The Bertz CT molecular complexity index is 739. The van der Waals surface area contributed by atoms with E-state index in [1.54, 1.807) is 0 Å². The topological polar surface area (TPSA) is 35.5 Å². The van der Waals surface area contributed by atoms with Gasteiger partial charge in [0.05, 0.1) is 0 Å². The number of ether oxygens (including phenoxy) is 2. The zero-order chi connectivity index (χ0) is 20.0. The fourth-order valence-corrected chi connectivity index (χ4v) is 2.99. The maximum absolute atomic E-state index is 12.0. The first-order valence-electron chi connectivity index (χ1n) is 10.2. The predicted octanol–water partition coefficient (Wildman–Crippen LogP) is 6.41. The molecule has 0 N–H and O–H groups in total. The Kier molecular flexibility index (Phi) is 9.72. The highest BCUT2D eigenvalue weighted by Crippen LogP contribution is 2.25. The first-order valence-corrected chi connectivity index (χ1v) is 10.2. The van der Waals surface area contributed by atoms with Gasteiger partial charge in [0.2, 0.25) is 0 Å². The van der Waals surface area contributed by atoms with Gasteiger partial charge in [-0.15, -0.1) is 6.42 Å². The lowest BCUT2D eigenvalue weighted by Gasteiger charge is -2.07. The molecule has 0 fully saturated rings. The molecule has 0 aliphatic rings. The van der Waals surface area contributed by atoms with Gasteiger partial charge in [0.25, 0.3) is 0 Å². The van der Waals surface area contributed by atoms with Gasteiger partial charge in [0, 0.05) is 6.42 Å². The zero-order valence-corrected chi connectivity index (χ0v) is 16.8. The van der Waals surface area contributed by atoms with Crippen molar-refractivity contribution >= 4 is 5.97 Å². The zero-order valence-electron chi connectivity index (χ0n) is 16.8. The number of hydrogen-bond donors (Lipinski definition) is 0. The summed E-state index contributed by atoms with van der Waals surface area (Å²) in [4.78, 5) is 12.0. The van der Waals surface area contributed by atoms with Gasteiger partial charge in [0.1, 0.15) is 18.1 Å². The van der Waals surface area contributed by atoms with Crippen molar-refractivity contribution in [1.82, 2.24) is 0 Å². The van der Waals surface area contributed by atoms with Crippen LogP contribution in [0.1, 0.15) is 58.3 Å². The second-order valence-corrected chi connectivity index (χ2v) is 6.89. The van der Waals surface area contributed by atoms with Crippen LogP contribution in [0.4, 0.5) is 0 Å². The van der Waals surface area contributed by atoms with E-state index in [4.69, 9.17) is 15.9 Å². The number of esters is 1. The van der Waals surface area contributed by atoms with E-state index in [-0.39, 0.29) is 12.6 Å². The molecule has 0 atom stereocenters. The lowest BCUT2D eigenvalue weighted by molar-refractivity contribution is -0.134. The summed E-state index contributed by atoms with van der Waals surface area (Å²) < 4.78 is 10.8. The molecule has 3 nitrogen and oxygen atoms in total. The van der Waals surface area contributed by atoms with Crippen molar-refractivity contribution in [2.24, 2.45) is 0 Å². The van der Waals surface area contributed by atoms with E-state index >= 15 is 0 Å². The summed E-state index contributed by atoms with van der Waals surface area (Å²) in [5, 5.41) is 0. The van der Waals surface area contributed by atoms with E-state index in [9.17, 15) is 4.79 Å². The van der Waals surface area contributed by atoms with E-state index in [1.807, 2.05) is 48.5 Å². The molecule has 148 valence electrons. The Hall–Kier alpha value is -2.73. The number of rotatable bonds is 12. The average molecular weight is 379 g/mol. The molecule has 2 rings (SSSR count). The summed E-state index contributed by atoms with van der Waals surface area (Å²) in [7, 11) is 0. The monoisotopic (exact) mass is 378 g/mol. The van der Waals surface area contributed by atoms with Crippen molar-refractivity contribution in [1.29, 1.82) is 0 Å². The predicted molar refractivity (Wildman–Crippen MR) is 114 cm³/mol. The molecule has 0 unspecified atom stereocenters. The third-order valence-corrected chi connectivity index (χ3v) is 4.58. The minimum absolute atomic E-state index is 0.156. The van der Waals surface area contributed by atoms with Crippen LogP contribution in [-0.2, 0) is 4.79 Å². The van der Waals surface area contributed by atoms with Crippen LogP contribution in [0.3, 0.4) is 0 Å². The number of hydrogen-bond acceptors (Lipinski definition) is 3. The smallest absolute Gasteiger partial charge is 0.311 e. The third kappa shape index (κ3) is 7.88. The molecule has 3 heteroatoms. The molecule has 0 amide bonds. The first-order chi connectivity index (χ1) is 13.7. The van der Waals surface area contributed by atoms with Crippen molar-refractivity contribution in [3.8, 4) is 35.0 Å². The lowest BCUT2D eigenvalue weighted by atomic mass is 10.1. The molecule has 0 spiro atoms. The van der Waals surface area contributed by atoms with Crippen LogP contribution in [0.5, 0.6) is 11.5 Å². The maximum atomic E-state index is 12.0. The van der Waals surface area contributed by atoms with Crippen molar-refractivity contribution in [3.63, 3.8) is 0 Å². The van der Waals surface area contributed by atoms with Crippen LogP contribution >= 0.6 is 0 Å². The Morgan fingerprint density at radius 3 is 1.93 bits per heavy atom. The molecule has 0 saturated carbocycles. The van der Waals surface area contributed by atoms with Crippen molar-refractivity contribution in [2.75, 3.05) is 6.61 Å². The Morgan fingerprint density at radius 2 is 1.36 bits per heavy atom. The van der Waals surface area contributed by atoms with Gasteiger partial charge in [0.15, 0.2) is 0 Å². The van der Waals surface area contributed by atoms with Crippen LogP contribution in [0.15, 0.2) is 48.5 Å². The van der Waals surface area contributed by atoms with Gasteiger partial charge < -0.3 is 9.47 Å². The fraction of sp³-hybridized carbons (Fsp3) is 0.400. The van der Waals surface area contributed by atoms with Crippen LogP contribution in [0, 0.1) is 12.3 Å². The number of unbranched alkanes of at least 4 members (excludes halogenated alkanes) is 6. The standard InChI is InChI=1S/C25H30O3/c1-3-5-6-7-8-9-10-11-25(26)28-24-18-14-22(15-19-24)21-12-16-23(17-13-21)27-20-4-2/h2,12-19H,3,5-11,20H2,1H3. The van der Waals surface area contributed by atoms with Crippen LogP contribution in [-0.4, -0.2) is 12.6 Å².